The molecule has 3 heteroatoms. The van der Waals surface area contributed by atoms with Crippen molar-refractivity contribution in [3.63, 3.8) is 0 Å². The van der Waals surface area contributed by atoms with Gasteiger partial charge in [0.15, 0.2) is 6.30 Å². The summed E-state index contributed by atoms with van der Waals surface area (Å²) in [6, 6.07) is 0. The average molecular weight is 93.1 g/mol. The molecule has 38 valence electrons. The average Bonchev–Trinajstić information content (AvgIpc) is 1.35. The van der Waals surface area contributed by atoms with Crippen molar-refractivity contribution in [1.82, 2.24) is 0 Å². The summed E-state index contributed by atoms with van der Waals surface area (Å²) in [4.78, 5) is 0. The van der Waals surface area contributed by atoms with Crippen LogP contribution in [0.4, 0.5) is 4.39 Å². The first-order chi connectivity index (χ1) is 2.77. The van der Waals surface area contributed by atoms with Crippen LogP contribution in [0, 0.1) is 0 Å². The molecule has 0 amide bonds. The summed E-state index contributed by atoms with van der Waals surface area (Å²) in [6.45, 7) is -0.169. The molecule has 0 aromatic rings. The van der Waals surface area contributed by atoms with Crippen molar-refractivity contribution < 1.29 is 9.50 Å². The Morgan fingerprint density at radius 1 is 1.83 bits per heavy atom. The van der Waals surface area contributed by atoms with Crippen LogP contribution in [-0.4, -0.2) is 18.0 Å². The van der Waals surface area contributed by atoms with Crippen LogP contribution >= 0.6 is 0 Å². The number of rotatable bonds is 2. The van der Waals surface area contributed by atoms with E-state index in [1.807, 2.05) is 0 Å². The van der Waals surface area contributed by atoms with Gasteiger partial charge < -0.3 is 10.8 Å². The van der Waals surface area contributed by atoms with Crippen LogP contribution in [0.1, 0.15) is 6.42 Å². The number of aliphatic hydroxyl groups is 1. The molecule has 0 aliphatic heterocycles. The van der Waals surface area contributed by atoms with E-state index < -0.39 is 6.30 Å². The minimum absolute atomic E-state index is 0.0417. The molecule has 0 saturated carbocycles. The minimum Gasteiger partial charge on any atom is -0.396 e. The van der Waals surface area contributed by atoms with Crippen LogP contribution in [0.5, 0.6) is 0 Å². The Balaban J connectivity index is 2.63. The predicted octanol–water partition coefficient (Wildman–Crippen LogP) is -0.377. The normalized spacial score (nSPS) is 14.5. The summed E-state index contributed by atoms with van der Waals surface area (Å²) in [5.41, 5.74) is 4.58. The van der Waals surface area contributed by atoms with E-state index in [0.717, 1.165) is 0 Å². The fraction of sp³-hybridized carbons (Fsp3) is 1.00. The maximum atomic E-state index is 11.3. The van der Waals surface area contributed by atoms with Gasteiger partial charge in [0.05, 0.1) is 0 Å². The van der Waals surface area contributed by atoms with Gasteiger partial charge in [0.2, 0.25) is 0 Å². The minimum atomic E-state index is -1.35. The third kappa shape index (κ3) is 3.85. The number of halogens is 1. The van der Waals surface area contributed by atoms with Crippen LogP contribution < -0.4 is 5.73 Å². The molecule has 0 fully saturated rings. The van der Waals surface area contributed by atoms with Crippen molar-refractivity contribution >= 4 is 0 Å². The lowest BCUT2D eigenvalue weighted by Crippen LogP contribution is -2.13. The molecule has 0 aromatic heterocycles. The number of alkyl halides is 1. The summed E-state index contributed by atoms with van der Waals surface area (Å²) in [5, 5.41) is 7.92. The molecule has 3 N–H and O–H groups in total. The van der Waals surface area contributed by atoms with Crippen molar-refractivity contribution in [3.8, 4) is 0 Å². The predicted molar refractivity (Wildman–Crippen MR) is 20.8 cm³/mol. The van der Waals surface area contributed by atoms with Gasteiger partial charge in [-0.3, -0.25) is 0 Å². The fourth-order valence-electron chi connectivity index (χ4n) is 0.123. The van der Waals surface area contributed by atoms with Crippen molar-refractivity contribution in [1.29, 1.82) is 0 Å². The molecule has 6 heavy (non-hydrogen) atoms. The molecule has 0 radical (unpaired) electrons. The van der Waals surface area contributed by atoms with Crippen molar-refractivity contribution in [2.45, 2.75) is 12.7 Å². The molecule has 0 bridgehead atoms. The molecule has 0 saturated heterocycles. The second-order valence-corrected chi connectivity index (χ2v) is 1.03. The molecule has 0 aromatic carbocycles. The Morgan fingerprint density at radius 3 is 2.33 bits per heavy atom. The highest BCUT2D eigenvalue weighted by Crippen LogP contribution is 1.83. The van der Waals surface area contributed by atoms with E-state index in [2.05, 4.69) is 5.73 Å². The smallest absolute Gasteiger partial charge is 0.150 e. The third-order valence-electron chi connectivity index (χ3n) is 0.405. The highest BCUT2D eigenvalue weighted by Gasteiger charge is 1.91. The lowest BCUT2D eigenvalue weighted by Gasteiger charge is -1.92. The Bertz CT molecular complexity index is 32.0. The standard InChI is InChI=1S/C3H8FNO/c4-3(5)1-2-6/h3,6H,1-2,5H2. The zero-order chi connectivity index (χ0) is 4.99. The summed E-state index contributed by atoms with van der Waals surface area (Å²) in [7, 11) is 0. The lowest BCUT2D eigenvalue weighted by molar-refractivity contribution is 0.224. The highest BCUT2D eigenvalue weighted by atomic mass is 19.1. The summed E-state index contributed by atoms with van der Waals surface area (Å²) in [6.07, 6.45) is -1.31. The Morgan fingerprint density at radius 2 is 2.33 bits per heavy atom. The van der Waals surface area contributed by atoms with E-state index in [0.29, 0.717) is 0 Å². The lowest BCUT2D eigenvalue weighted by atomic mass is 10.4. The summed E-state index contributed by atoms with van der Waals surface area (Å²) >= 11 is 0. The van der Waals surface area contributed by atoms with E-state index in [1.165, 1.54) is 0 Å². The number of hydrogen-bond donors (Lipinski definition) is 2. The van der Waals surface area contributed by atoms with E-state index in [9.17, 15) is 4.39 Å². The number of aliphatic hydroxyl groups excluding tert-OH is 1. The SMILES string of the molecule is NC(F)CCO. The Hall–Kier alpha value is -0.150. The second kappa shape index (κ2) is 3.06. The van der Waals surface area contributed by atoms with Crippen LogP contribution in [0.3, 0.4) is 0 Å². The molecule has 1 atom stereocenters. The van der Waals surface area contributed by atoms with Gasteiger partial charge in [0.1, 0.15) is 0 Å². The van der Waals surface area contributed by atoms with Gasteiger partial charge in [-0.1, -0.05) is 0 Å². The first-order valence-electron chi connectivity index (χ1n) is 1.78. The van der Waals surface area contributed by atoms with Crippen LogP contribution in [0.2, 0.25) is 0 Å². The number of hydrogen-bond acceptors (Lipinski definition) is 2. The molecular formula is C3H8FNO. The van der Waals surface area contributed by atoms with Crippen molar-refractivity contribution in [2.75, 3.05) is 6.61 Å². The van der Waals surface area contributed by atoms with Crippen molar-refractivity contribution in [2.24, 2.45) is 5.73 Å². The summed E-state index contributed by atoms with van der Waals surface area (Å²) in [5.74, 6) is 0. The van der Waals surface area contributed by atoms with Crippen LogP contribution in [-0.2, 0) is 0 Å². The first-order valence-corrected chi connectivity index (χ1v) is 1.78. The van der Waals surface area contributed by atoms with Gasteiger partial charge in [-0.25, -0.2) is 4.39 Å². The van der Waals surface area contributed by atoms with Gasteiger partial charge >= 0.3 is 0 Å². The second-order valence-electron chi connectivity index (χ2n) is 1.03. The van der Waals surface area contributed by atoms with E-state index >= 15 is 0 Å². The molecule has 0 aliphatic rings. The van der Waals surface area contributed by atoms with Crippen LogP contribution in [0.15, 0.2) is 0 Å². The monoisotopic (exact) mass is 93.1 g/mol. The molecule has 0 aliphatic carbocycles. The van der Waals surface area contributed by atoms with E-state index in [1.54, 1.807) is 0 Å². The van der Waals surface area contributed by atoms with Gasteiger partial charge in [-0.15, -0.1) is 0 Å². The first kappa shape index (κ1) is 5.85. The van der Waals surface area contributed by atoms with Gasteiger partial charge in [-0.05, 0) is 0 Å². The molecule has 0 rings (SSSR count). The van der Waals surface area contributed by atoms with Gasteiger partial charge in [0, 0.05) is 13.0 Å². The Labute approximate surface area is 35.8 Å². The van der Waals surface area contributed by atoms with Gasteiger partial charge in [0.25, 0.3) is 0 Å². The molecule has 1 unspecified atom stereocenters. The maximum Gasteiger partial charge on any atom is 0.150 e. The summed E-state index contributed by atoms with van der Waals surface area (Å²) < 4.78 is 11.3. The maximum absolute atomic E-state index is 11.3. The van der Waals surface area contributed by atoms with Crippen molar-refractivity contribution in [3.05, 3.63) is 0 Å². The third-order valence-corrected chi connectivity index (χ3v) is 0.405. The van der Waals surface area contributed by atoms with E-state index in [-0.39, 0.29) is 13.0 Å². The molecule has 0 heterocycles. The zero-order valence-electron chi connectivity index (χ0n) is 3.39. The Kier molecular flexibility index (Phi) is 2.98. The fourth-order valence-corrected chi connectivity index (χ4v) is 0.123. The topological polar surface area (TPSA) is 46.2 Å². The largest absolute Gasteiger partial charge is 0.396 e. The van der Waals surface area contributed by atoms with Gasteiger partial charge in [-0.2, -0.15) is 0 Å². The highest BCUT2D eigenvalue weighted by molar-refractivity contribution is 4.39. The number of nitrogens with two attached hydrogens (primary N) is 1. The van der Waals surface area contributed by atoms with E-state index in [4.69, 9.17) is 5.11 Å². The van der Waals surface area contributed by atoms with Crippen LogP contribution in [0.25, 0.3) is 0 Å². The zero-order valence-corrected chi connectivity index (χ0v) is 3.39. The molecule has 2 nitrogen and oxygen atoms in total. The molecule has 0 spiro atoms. The quantitative estimate of drug-likeness (QED) is 0.457. The molecular weight excluding hydrogens is 85.0 g/mol.